The number of ether oxygens (including phenoxy) is 1. The van der Waals surface area contributed by atoms with Gasteiger partial charge in [0.15, 0.2) is 0 Å². The van der Waals surface area contributed by atoms with E-state index in [0.29, 0.717) is 27.9 Å². The number of aliphatic hydroxyl groups is 6. The van der Waals surface area contributed by atoms with E-state index in [0.717, 1.165) is 11.1 Å². The van der Waals surface area contributed by atoms with Crippen molar-refractivity contribution in [3.63, 3.8) is 0 Å². The molecule has 0 saturated carbocycles. The zero-order valence-corrected chi connectivity index (χ0v) is 25.7. The molecule has 0 spiro atoms. The van der Waals surface area contributed by atoms with Crippen molar-refractivity contribution in [3.8, 4) is 16.9 Å². The highest BCUT2D eigenvalue weighted by Gasteiger charge is 2.53. The predicted molar refractivity (Wildman–Crippen MR) is 173 cm³/mol. The van der Waals surface area contributed by atoms with E-state index in [-0.39, 0.29) is 18.1 Å². The number of aryl methyl sites for hydroxylation is 1. The quantitative estimate of drug-likeness (QED) is 0.136. The number of β-lactam (4-membered cyclic amide) rings is 1. The molecule has 10 heteroatoms. The third-order valence-corrected chi connectivity index (χ3v) is 9.33. The Bertz CT molecular complexity index is 1680. The van der Waals surface area contributed by atoms with Crippen molar-refractivity contribution >= 4 is 11.6 Å². The number of phenolic OH excluding ortho intramolecular Hbond substituents is 1. The minimum Gasteiger partial charge on any atom is -0.508 e. The van der Waals surface area contributed by atoms with Crippen molar-refractivity contribution in [3.05, 3.63) is 119 Å². The summed E-state index contributed by atoms with van der Waals surface area (Å²) >= 11 is 0. The van der Waals surface area contributed by atoms with Crippen LogP contribution in [0.1, 0.15) is 46.9 Å². The molecular formula is C37H39NO9. The molecule has 0 aromatic heterocycles. The normalized spacial score (nSPS) is 27.3. The van der Waals surface area contributed by atoms with Crippen molar-refractivity contribution in [2.75, 3.05) is 11.5 Å². The number of rotatable bonds is 9. The van der Waals surface area contributed by atoms with Gasteiger partial charge in [0.1, 0.15) is 36.3 Å². The molecule has 2 aliphatic rings. The first-order valence-corrected chi connectivity index (χ1v) is 15.6. The van der Waals surface area contributed by atoms with Crippen LogP contribution in [0.4, 0.5) is 5.69 Å². The lowest BCUT2D eigenvalue weighted by molar-refractivity contribution is -0.231. The van der Waals surface area contributed by atoms with Crippen LogP contribution in [0.25, 0.3) is 11.1 Å². The summed E-state index contributed by atoms with van der Waals surface area (Å²) < 4.78 is 5.66. The highest BCUT2D eigenvalue weighted by molar-refractivity contribution is 6.04. The number of amides is 1. The molecule has 10 nitrogen and oxygen atoms in total. The number of aliphatic hydroxyl groups excluding tert-OH is 6. The lowest BCUT2D eigenvalue weighted by atomic mass is 9.76. The summed E-state index contributed by atoms with van der Waals surface area (Å²) in [4.78, 5) is 15.1. The Kier molecular flexibility index (Phi) is 9.45. The fourth-order valence-corrected chi connectivity index (χ4v) is 6.61. The number of carbonyl (C=O) groups is 1. The maximum atomic E-state index is 13.5. The molecule has 9 atom stereocenters. The topological polar surface area (TPSA) is 171 Å². The molecule has 9 unspecified atom stereocenters. The van der Waals surface area contributed by atoms with E-state index < -0.39 is 61.3 Å². The molecule has 4 aromatic rings. The lowest BCUT2D eigenvalue weighted by Crippen LogP contribution is -2.59. The molecule has 0 bridgehead atoms. The highest BCUT2D eigenvalue weighted by Crippen LogP contribution is 2.49. The first kappa shape index (κ1) is 32.8. The number of nitrogens with zero attached hydrogens (tertiary/aromatic N) is 1. The van der Waals surface area contributed by atoms with Crippen molar-refractivity contribution in [2.45, 2.75) is 62.1 Å². The second-order valence-electron chi connectivity index (χ2n) is 12.4. The minimum absolute atomic E-state index is 0.0573. The van der Waals surface area contributed by atoms with Gasteiger partial charge in [-0.3, -0.25) is 4.79 Å². The number of hydrogen-bond donors (Lipinski definition) is 7. The molecular weight excluding hydrogens is 602 g/mol. The predicted octanol–water partition coefficient (Wildman–Crippen LogP) is 3.07. The molecule has 6 rings (SSSR count). The van der Waals surface area contributed by atoms with Gasteiger partial charge in [0.25, 0.3) is 0 Å². The van der Waals surface area contributed by atoms with Gasteiger partial charge in [-0.15, -0.1) is 0 Å². The van der Waals surface area contributed by atoms with Crippen LogP contribution in [0.2, 0.25) is 0 Å². The zero-order valence-electron chi connectivity index (χ0n) is 25.7. The van der Waals surface area contributed by atoms with E-state index in [1.165, 1.54) is 0 Å². The number of benzene rings is 4. The summed E-state index contributed by atoms with van der Waals surface area (Å²) in [6.07, 6.45) is -8.55. The number of para-hydroxylation sites is 1. The van der Waals surface area contributed by atoms with Gasteiger partial charge in [-0.25, -0.2) is 0 Å². The van der Waals surface area contributed by atoms with Crippen molar-refractivity contribution in [1.82, 2.24) is 0 Å². The second-order valence-corrected chi connectivity index (χ2v) is 12.4. The number of carbonyl (C=O) groups excluding carboxylic acids is 1. The third-order valence-electron chi connectivity index (χ3n) is 9.33. The molecule has 2 aliphatic heterocycles. The van der Waals surface area contributed by atoms with Crippen molar-refractivity contribution < 1.29 is 45.3 Å². The zero-order chi connectivity index (χ0) is 33.4. The van der Waals surface area contributed by atoms with Gasteiger partial charge in [0.05, 0.1) is 30.8 Å². The minimum atomic E-state index is -1.49. The fourth-order valence-electron chi connectivity index (χ4n) is 6.61. The summed E-state index contributed by atoms with van der Waals surface area (Å²) in [6.45, 7) is 1.42. The van der Waals surface area contributed by atoms with Gasteiger partial charge in [0, 0.05) is 17.7 Å². The molecule has 0 aliphatic carbocycles. The van der Waals surface area contributed by atoms with Crippen LogP contribution in [0.5, 0.6) is 5.75 Å². The Morgan fingerprint density at radius 1 is 0.809 bits per heavy atom. The van der Waals surface area contributed by atoms with Crippen LogP contribution in [-0.2, 0) is 9.53 Å². The number of phenols is 1. The molecule has 1 amide bonds. The summed E-state index contributed by atoms with van der Waals surface area (Å²) in [5.74, 6) is -1.28. The van der Waals surface area contributed by atoms with E-state index in [1.807, 2.05) is 25.1 Å². The van der Waals surface area contributed by atoms with Gasteiger partial charge >= 0.3 is 0 Å². The maximum absolute atomic E-state index is 13.5. The summed E-state index contributed by atoms with van der Waals surface area (Å²) in [5.41, 5.74) is 4.67. The highest BCUT2D eigenvalue weighted by atomic mass is 16.5. The molecule has 2 heterocycles. The molecule has 47 heavy (non-hydrogen) atoms. The third kappa shape index (κ3) is 6.29. The SMILES string of the molecule is Cc1ccc(C(O)CC(O)C2C(=O)N(c3ccccc3)C2c2ccc(-c3ccc(C4OC(CO)C(O)C(O)C4O)cc3)cc2O)cc1. The monoisotopic (exact) mass is 641 g/mol. The van der Waals surface area contributed by atoms with Crippen LogP contribution < -0.4 is 4.90 Å². The molecule has 2 saturated heterocycles. The average molecular weight is 642 g/mol. The molecule has 246 valence electrons. The van der Waals surface area contributed by atoms with Crippen LogP contribution >= 0.6 is 0 Å². The molecule has 7 N–H and O–H groups in total. The van der Waals surface area contributed by atoms with Gasteiger partial charge in [-0.1, -0.05) is 84.4 Å². The maximum Gasteiger partial charge on any atom is 0.235 e. The van der Waals surface area contributed by atoms with E-state index in [9.17, 15) is 40.5 Å². The van der Waals surface area contributed by atoms with Crippen molar-refractivity contribution in [1.29, 1.82) is 0 Å². The molecule has 0 radical (unpaired) electrons. The Labute approximate surface area is 272 Å². The Hall–Kier alpha value is -4.13. The van der Waals surface area contributed by atoms with E-state index in [1.54, 1.807) is 83.8 Å². The van der Waals surface area contributed by atoms with E-state index in [2.05, 4.69) is 0 Å². The summed E-state index contributed by atoms with van der Waals surface area (Å²) in [6, 6.07) is 27.7. The first-order chi connectivity index (χ1) is 22.6. The van der Waals surface area contributed by atoms with E-state index >= 15 is 0 Å². The number of anilines is 1. The molecule has 4 aromatic carbocycles. The smallest absolute Gasteiger partial charge is 0.235 e. The average Bonchev–Trinajstić information content (AvgIpc) is 3.07. The van der Waals surface area contributed by atoms with Gasteiger partial charge in [0.2, 0.25) is 5.91 Å². The Balaban J connectivity index is 1.25. The van der Waals surface area contributed by atoms with Gasteiger partial charge in [-0.05, 0) is 47.4 Å². The van der Waals surface area contributed by atoms with Crippen LogP contribution in [0.3, 0.4) is 0 Å². The first-order valence-electron chi connectivity index (χ1n) is 15.6. The number of hydrogen-bond acceptors (Lipinski definition) is 9. The standard InChI is InChI=1S/C37H39NO9/c1-20-7-9-22(10-8-20)27(40)18-29(42)31-32(38(37(31)46)25-5-3-2-4-6-25)26-16-15-24(17-28(26)41)21-11-13-23(14-12-21)36-35(45)34(44)33(43)30(19-39)47-36/h2-17,27,29-36,39-45H,18-19H2,1H3. The Morgan fingerprint density at radius 2 is 1.47 bits per heavy atom. The Morgan fingerprint density at radius 3 is 2.11 bits per heavy atom. The van der Waals surface area contributed by atoms with Crippen molar-refractivity contribution in [2.24, 2.45) is 5.92 Å². The van der Waals surface area contributed by atoms with Crippen LogP contribution in [0.15, 0.2) is 97.1 Å². The van der Waals surface area contributed by atoms with Gasteiger partial charge < -0.3 is 45.4 Å². The van der Waals surface area contributed by atoms with Crippen LogP contribution in [0, 0.1) is 12.8 Å². The lowest BCUT2D eigenvalue weighted by Gasteiger charge is -2.49. The molecule has 2 fully saturated rings. The van der Waals surface area contributed by atoms with Gasteiger partial charge in [-0.2, -0.15) is 0 Å². The van der Waals surface area contributed by atoms with Crippen LogP contribution in [-0.4, -0.2) is 78.8 Å². The number of aromatic hydroxyl groups is 1. The van der Waals surface area contributed by atoms with E-state index in [4.69, 9.17) is 4.74 Å². The largest absolute Gasteiger partial charge is 0.508 e. The second kappa shape index (κ2) is 13.5. The fraction of sp³-hybridized carbons (Fsp3) is 0.324. The summed E-state index contributed by atoms with van der Waals surface area (Å²) in [5, 5.41) is 73.8. The summed E-state index contributed by atoms with van der Waals surface area (Å²) in [7, 11) is 0.